The van der Waals surface area contributed by atoms with Crippen molar-refractivity contribution in [1.82, 2.24) is 0 Å². The lowest BCUT2D eigenvalue weighted by atomic mass is 9.82. The van der Waals surface area contributed by atoms with Gasteiger partial charge in [0.1, 0.15) is 5.82 Å². The monoisotopic (exact) mass is 285 g/mol. The first-order chi connectivity index (χ1) is 8.67. The summed E-state index contributed by atoms with van der Waals surface area (Å²) in [7, 11) is 0. The summed E-state index contributed by atoms with van der Waals surface area (Å²) >= 11 is 6.02. The van der Waals surface area contributed by atoms with E-state index in [2.05, 4.69) is 27.7 Å². The number of nitrogens with two attached hydrogens (primary N) is 1. The molecule has 1 nitrogen and oxygen atoms in total. The molecule has 0 bridgehead atoms. The summed E-state index contributed by atoms with van der Waals surface area (Å²) in [4.78, 5) is 0. The topological polar surface area (TPSA) is 26.0 Å². The first-order valence-electron chi connectivity index (χ1n) is 6.87. The van der Waals surface area contributed by atoms with Crippen LogP contribution in [0.25, 0.3) is 0 Å². The van der Waals surface area contributed by atoms with Gasteiger partial charge in [0.05, 0.1) is 0 Å². The van der Waals surface area contributed by atoms with Gasteiger partial charge < -0.3 is 5.73 Å². The van der Waals surface area contributed by atoms with Crippen molar-refractivity contribution in [2.75, 3.05) is 0 Å². The van der Waals surface area contributed by atoms with Crippen LogP contribution in [0, 0.1) is 17.2 Å². The Hall–Kier alpha value is -0.600. The third-order valence-corrected chi connectivity index (χ3v) is 3.52. The highest BCUT2D eigenvalue weighted by Crippen LogP contribution is 2.27. The fourth-order valence-corrected chi connectivity index (χ4v) is 2.94. The number of benzene rings is 1. The Labute approximate surface area is 121 Å². The number of rotatable bonds is 5. The molecule has 19 heavy (non-hydrogen) atoms. The predicted octanol–water partition coefficient (Wildman–Crippen LogP) is 4.81. The quantitative estimate of drug-likeness (QED) is 0.825. The van der Waals surface area contributed by atoms with Crippen LogP contribution in [0.5, 0.6) is 0 Å². The molecule has 0 amide bonds. The molecule has 1 rings (SSSR count). The largest absolute Gasteiger partial charge is 0.327 e. The Bertz CT molecular complexity index is 412. The molecule has 0 aliphatic carbocycles. The van der Waals surface area contributed by atoms with Crippen LogP contribution in [0.4, 0.5) is 4.39 Å². The van der Waals surface area contributed by atoms with Gasteiger partial charge in [-0.2, -0.15) is 0 Å². The van der Waals surface area contributed by atoms with Gasteiger partial charge in [-0.1, -0.05) is 45.4 Å². The Balaban J connectivity index is 2.53. The van der Waals surface area contributed by atoms with E-state index in [9.17, 15) is 4.39 Å². The van der Waals surface area contributed by atoms with E-state index in [1.165, 1.54) is 12.1 Å². The Morgan fingerprint density at radius 2 is 1.95 bits per heavy atom. The van der Waals surface area contributed by atoms with E-state index in [1.807, 2.05) is 0 Å². The van der Waals surface area contributed by atoms with Crippen molar-refractivity contribution < 1.29 is 4.39 Å². The Morgan fingerprint density at radius 3 is 2.47 bits per heavy atom. The van der Waals surface area contributed by atoms with E-state index in [1.54, 1.807) is 6.07 Å². The Kier molecular flexibility index (Phi) is 5.82. The van der Waals surface area contributed by atoms with Crippen LogP contribution in [0.3, 0.4) is 0 Å². The van der Waals surface area contributed by atoms with Gasteiger partial charge in [0.15, 0.2) is 0 Å². The molecule has 2 atom stereocenters. The summed E-state index contributed by atoms with van der Waals surface area (Å²) in [5, 5.41) is 0.471. The lowest BCUT2D eigenvalue weighted by molar-refractivity contribution is 0.285. The van der Waals surface area contributed by atoms with Gasteiger partial charge in [-0.15, -0.1) is 0 Å². The zero-order valence-electron chi connectivity index (χ0n) is 12.3. The average Bonchev–Trinajstić information content (AvgIpc) is 2.19. The molecule has 108 valence electrons. The molecule has 0 fully saturated rings. The lowest BCUT2D eigenvalue weighted by Gasteiger charge is -2.25. The number of halogens is 2. The van der Waals surface area contributed by atoms with E-state index in [0.717, 1.165) is 18.4 Å². The summed E-state index contributed by atoms with van der Waals surface area (Å²) in [5.41, 5.74) is 7.44. The van der Waals surface area contributed by atoms with Crippen molar-refractivity contribution in [3.8, 4) is 0 Å². The van der Waals surface area contributed by atoms with E-state index < -0.39 is 0 Å². The summed E-state index contributed by atoms with van der Waals surface area (Å²) in [6.07, 6.45) is 2.82. The molecule has 2 N–H and O–H groups in total. The first kappa shape index (κ1) is 16.5. The van der Waals surface area contributed by atoms with Crippen LogP contribution in [0.1, 0.15) is 46.1 Å². The molecule has 1 aromatic carbocycles. The van der Waals surface area contributed by atoms with Gasteiger partial charge in [-0.05, 0) is 48.3 Å². The molecular formula is C16H25ClFN. The van der Waals surface area contributed by atoms with Crippen molar-refractivity contribution in [1.29, 1.82) is 0 Å². The minimum atomic E-state index is -0.302. The molecule has 0 spiro atoms. The van der Waals surface area contributed by atoms with E-state index >= 15 is 0 Å². The van der Waals surface area contributed by atoms with Gasteiger partial charge in [0.25, 0.3) is 0 Å². The Morgan fingerprint density at radius 1 is 1.32 bits per heavy atom. The molecular weight excluding hydrogens is 261 g/mol. The SMILES string of the molecule is CC(CC(N)Cc1ccc(F)cc1Cl)CC(C)(C)C. The maximum Gasteiger partial charge on any atom is 0.124 e. The first-order valence-corrected chi connectivity index (χ1v) is 7.24. The van der Waals surface area contributed by atoms with Gasteiger partial charge >= 0.3 is 0 Å². The van der Waals surface area contributed by atoms with Gasteiger partial charge in [-0.25, -0.2) is 4.39 Å². The van der Waals surface area contributed by atoms with E-state index in [0.29, 0.717) is 22.8 Å². The van der Waals surface area contributed by atoms with Crippen molar-refractivity contribution in [2.24, 2.45) is 17.1 Å². The molecule has 0 radical (unpaired) electrons. The molecule has 2 unspecified atom stereocenters. The van der Waals surface area contributed by atoms with E-state index in [4.69, 9.17) is 17.3 Å². The maximum atomic E-state index is 13.0. The maximum absolute atomic E-state index is 13.0. The van der Waals surface area contributed by atoms with Crippen LogP contribution >= 0.6 is 11.6 Å². The molecule has 0 saturated heterocycles. The van der Waals surface area contributed by atoms with Gasteiger partial charge in [0.2, 0.25) is 0 Å². The lowest BCUT2D eigenvalue weighted by Crippen LogP contribution is -2.27. The minimum absolute atomic E-state index is 0.0697. The summed E-state index contributed by atoms with van der Waals surface area (Å²) in [6.45, 7) is 8.96. The zero-order chi connectivity index (χ0) is 14.6. The van der Waals surface area contributed by atoms with Crippen molar-refractivity contribution in [3.05, 3.63) is 34.6 Å². The minimum Gasteiger partial charge on any atom is -0.327 e. The second-order valence-corrected chi connectivity index (χ2v) is 7.21. The molecule has 0 aliphatic heterocycles. The third-order valence-electron chi connectivity index (χ3n) is 3.16. The summed E-state index contributed by atoms with van der Waals surface area (Å²) < 4.78 is 13.0. The van der Waals surface area contributed by atoms with Gasteiger partial charge in [0, 0.05) is 11.1 Å². The van der Waals surface area contributed by atoms with Crippen molar-refractivity contribution in [3.63, 3.8) is 0 Å². The molecule has 0 aromatic heterocycles. The molecule has 0 saturated carbocycles. The van der Waals surface area contributed by atoms with Crippen molar-refractivity contribution >= 4 is 11.6 Å². The van der Waals surface area contributed by atoms with Crippen LogP contribution < -0.4 is 5.73 Å². The number of hydrogen-bond donors (Lipinski definition) is 1. The summed E-state index contributed by atoms with van der Waals surface area (Å²) in [5.74, 6) is 0.276. The second kappa shape index (κ2) is 6.71. The van der Waals surface area contributed by atoms with Crippen LogP contribution in [-0.4, -0.2) is 6.04 Å². The zero-order valence-corrected chi connectivity index (χ0v) is 13.1. The van der Waals surface area contributed by atoms with Crippen LogP contribution in [0.2, 0.25) is 5.02 Å². The smallest absolute Gasteiger partial charge is 0.124 e. The highest BCUT2D eigenvalue weighted by Gasteiger charge is 2.18. The van der Waals surface area contributed by atoms with E-state index in [-0.39, 0.29) is 11.9 Å². The highest BCUT2D eigenvalue weighted by atomic mass is 35.5. The third kappa shape index (κ3) is 6.40. The van der Waals surface area contributed by atoms with Crippen LogP contribution in [0.15, 0.2) is 18.2 Å². The van der Waals surface area contributed by atoms with Crippen LogP contribution in [-0.2, 0) is 6.42 Å². The normalized spacial score (nSPS) is 15.3. The molecule has 1 aromatic rings. The fraction of sp³-hybridized carbons (Fsp3) is 0.625. The summed E-state index contributed by atoms with van der Waals surface area (Å²) in [6, 6.07) is 4.58. The fourth-order valence-electron chi connectivity index (χ4n) is 2.70. The number of hydrogen-bond acceptors (Lipinski definition) is 1. The van der Waals surface area contributed by atoms with Crippen molar-refractivity contribution in [2.45, 2.75) is 53.0 Å². The highest BCUT2D eigenvalue weighted by molar-refractivity contribution is 6.31. The molecule has 3 heteroatoms. The molecule has 0 aliphatic rings. The second-order valence-electron chi connectivity index (χ2n) is 6.81. The predicted molar refractivity (Wildman–Crippen MR) is 80.9 cm³/mol. The average molecular weight is 286 g/mol. The molecule has 0 heterocycles. The van der Waals surface area contributed by atoms with Gasteiger partial charge in [-0.3, -0.25) is 0 Å². The standard InChI is InChI=1S/C16H25ClFN/c1-11(10-16(2,3)4)7-14(19)8-12-5-6-13(18)9-15(12)17/h5-6,9,11,14H,7-8,10,19H2,1-4H3.